The van der Waals surface area contributed by atoms with Crippen LogP contribution in [0.3, 0.4) is 0 Å². The maximum Gasteiger partial charge on any atom is 0.340 e. The average Bonchev–Trinajstić information content (AvgIpc) is 2.83. The largest absolute Gasteiger partial charge is 0.452 e. The van der Waals surface area contributed by atoms with E-state index in [2.05, 4.69) is 0 Å². The third-order valence-electron chi connectivity index (χ3n) is 3.63. The lowest BCUT2D eigenvalue weighted by atomic mass is 10.2. The molecule has 1 aliphatic heterocycles. The number of esters is 1. The molecule has 1 saturated heterocycles. The molecule has 126 valence electrons. The van der Waals surface area contributed by atoms with Gasteiger partial charge in [0, 0.05) is 18.1 Å². The zero-order chi connectivity index (χ0) is 17.2. The lowest BCUT2D eigenvalue weighted by molar-refractivity contribution is -0.134. The van der Waals surface area contributed by atoms with Gasteiger partial charge in [0.1, 0.15) is 0 Å². The minimum absolute atomic E-state index is 0.0633. The second-order valence-electron chi connectivity index (χ2n) is 5.26. The molecule has 9 heteroatoms. The van der Waals surface area contributed by atoms with Gasteiger partial charge in [-0.05, 0) is 24.6 Å². The van der Waals surface area contributed by atoms with Gasteiger partial charge < -0.3 is 9.64 Å². The Morgan fingerprint density at radius 3 is 2.61 bits per heavy atom. The molecule has 1 atom stereocenters. The lowest BCUT2D eigenvalue weighted by Gasteiger charge is -2.23. The number of benzene rings is 1. The highest BCUT2D eigenvalue weighted by atomic mass is 35.5. The van der Waals surface area contributed by atoms with Crippen LogP contribution < -0.4 is 0 Å². The number of hydrogen-bond acceptors (Lipinski definition) is 5. The highest BCUT2D eigenvalue weighted by molar-refractivity contribution is 7.91. The summed E-state index contributed by atoms with van der Waals surface area (Å²) >= 11 is 11.6. The van der Waals surface area contributed by atoms with Gasteiger partial charge in [0.05, 0.1) is 22.1 Å². The minimum Gasteiger partial charge on any atom is -0.452 e. The molecule has 1 unspecified atom stereocenters. The molecule has 6 nitrogen and oxygen atoms in total. The Labute approximate surface area is 144 Å². The van der Waals surface area contributed by atoms with Crippen molar-refractivity contribution in [2.24, 2.45) is 0 Å². The molecule has 0 saturated carbocycles. The van der Waals surface area contributed by atoms with E-state index in [1.165, 1.54) is 30.1 Å². The van der Waals surface area contributed by atoms with Crippen LogP contribution in [-0.2, 0) is 19.4 Å². The van der Waals surface area contributed by atoms with E-state index < -0.39 is 28.3 Å². The first-order chi connectivity index (χ1) is 10.7. The van der Waals surface area contributed by atoms with Gasteiger partial charge >= 0.3 is 5.97 Å². The monoisotopic (exact) mass is 379 g/mol. The van der Waals surface area contributed by atoms with E-state index in [1.807, 2.05) is 0 Å². The van der Waals surface area contributed by atoms with Gasteiger partial charge in [-0.1, -0.05) is 23.2 Å². The summed E-state index contributed by atoms with van der Waals surface area (Å²) in [6.45, 7) is -0.481. The number of sulfone groups is 1. The molecule has 23 heavy (non-hydrogen) atoms. The molecule has 1 fully saturated rings. The molecule has 1 aromatic rings. The number of carbonyl (C=O) groups is 2. The first kappa shape index (κ1) is 18.0. The molecule has 0 bridgehead atoms. The van der Waals surface area contributed by atoms with Crippen molar-refractivity contribution in [3.8, 4) is 0 Å². The molecule has 0 aromatic heterocycles. The second kappa shape index (κ2) is 7.07. The van der Waals surface area contributed by atoms with Gasteiger partial charge in [-0.2, -0.15) is 0 Å². The van der Waals surface area contributed by atoms with Crippen molar-refractivity contribution in [2.75, 3.05) is 25.2 Å². The van der Waals surface area contributed by atoms with Crippen molar-refractivity contribution >= 4 is 44.9 Å². The van der Waals surface area contributed by atoms with Gasteiger partial charge in [-0.25, -0.2) is 13.2 Å². The van der Waals surface area contributed by atoms with Gasteiger partial charge in [0.2, 0.25) is 0 Å². The van der Waals surface area contributed by atoms with Gasteiger partial charge in [0.25, 0.3) is 5.91 Å². The van der Waals surface area contributed by atoms with Crippen molar-refractivity contribution in [1.82, 2.24) is 4.90 Å². The Morgan fingerprint density at radius 2 is 2.04 bits per heavy atom. The Morgan fingerprint density at radius 1 is 1.35 bits per heavy atom. The van der Waals surface area contributed by atoms with E-state index in [9.17, 15) is 18.0 Å². The van der Waals surface area contributed by atoms with Crippen LogP contribution in [0.4, 0.5) is 0 Å². The third-order valence-corrected chi connectivity index (χ3v) is 5.93. The van der Waals surface area contributed by atoms with Crippen LogP contribution >= 0.6 is 23.2 Å². The second-order valence-corrected chi connectivity index (χ2v) is 8.33. The Balaban J connectivity index is 1.92. The summed E-state index contributed by atoms with van der Waals surface area (Å²) in [5.41, 5.74) is 0.106. The number of likely N-dealkylation sites (N-methyl/N-ethyl adjacent to an activating group) is 1. The summed E-state index contributed by atoms with van der Waals surface area (Å²) < 4.78 is 27.8. The van der Waals surface area contributed by atoms with E-state index in [0.29, 0.717) is 11.4 Å². The SMILES string of the molecule is CN(C(=O)COC(=O)c1ccc(Cl)cc1Cl)C1CCS(=O)(=O)C1. The smallest absolute Gasteiger partial charge is 0.340 e. The van der Waals surface area contributed by atoms with Crippen LogP contribution in [0.2, 0.25) is 10.0 Å². The van der Waals surface area contributed by atoms with E-state index in [-0.39, 0.29) is 28.1 Å². The predicted molar refractivity (Wildman–Crippen MR) is 86.6 cm³/mol. The number of amides is 1. The number of hydrogen-bond donors (Lipinski definition) is 0. The molecular formula is C14H15Cl2NO5S. The molecule has 1 heterocycles. The van der Waals surface area contributed by atoms with Crippen LogP contribution in [0, 0.1) is 0 Å². The van der Waals surface area contributed by atoms with Crippen LogP contribution in [0.15, 0.2) is 18.2 Å². The fourth-order valence-electron chi connectivity index (χ4n) is 2.25. The maximum atomic E-state index is 12.0. The van der Waals surface area contributed by atoms with Crippen molar-refractivity contribution in [3.63, 3.8) is 0 Å². The summed E-state index contributed by atoms with van der Waals surface area (Å²) in [6, 6.07) is 3.91. The third kappa shape index (κ3) is 4.59. The predicted octanol–water partition coefficient (Wildman–Crippen LogP) is 1.80. The average molecular weight is 380 g/mol. The van der Waals surface area contributed by atoms with Gasteiger partial charge in [-0.15, -0.1) is 0 Å². The minimum atomic E-state index is -3.09. The fraction of sp³-hybridized carbons (Fsp3) is 0.429. The van der Waals surface area contributed by atoms with Gasteiger partial charge in [0.15, 0.2) is 16.4 Å². The van der Waals surface area contributed by atoms with Crippen molar-refractivity contribution < 1.29 is 22.7 Å². The summed E-state index contributed by atoms with van der Waals surface area (Å²) in [5, 5.41) is 0.509. The van der Waals surface area contributed by atoms with E-state index in [4.69, 9.17) is 27.9 Å². The normalized spacial score (nSPS) is 19.3. The number of nitrogens with zero attached hydrogens (tertiary/aromatic N) is 1. The molecule has 1 amide bonds. The van der Waals surface area contributed by atoms with Gasteiger partial charge in [-0.3, -0.25) is 4.79 Å². The molecule has 1 aliphatic rings. The first-order valence-electron chi connectivity index (χ1n) is 6.78. The molecule has 0 radical (unpaired) electrons. The van der Waals surface area contributed by atoms with Crippen LogP contribution in [0.1, 0.15) is 16.8 Å². The highest BCUT2D eigenvalue weighted by Crippen LogP contribution is 2.22. The summed E-state index contributed by atoms with van der Waals surface area (Å²) in [5.74, 6) is -1.21. The zero-order valence-electron chi connectivity index (χ0n) is 12.3. The molecule has 0 spiro atoms. The van der Waals surface area contributed by atoms with E-state index in [0.717, 1.165) is 0 Å². The highest BCUT2D eigenvalue weighted by Gasteiger charge is 2.33. The summed E-state index contributed by atoms with van der Waals surface area (Å²) in [7, 11) is -1.59. The Hall–Kier alpha value is -1.31. The number of rotatable bonds is 4. The van der Waals surface area contributed by atoms with Crippen molar-refractivity contribution in [2.45, 2.75) is 12.5 Å². The number of carbonyl (C=O) groups excluding carboxylic acids is 2. The standard InChI is InChI=1S/C14H15Cl2NO5S/c1-17(10-4-5-23(20,21)8-10)13(18)7-22-14(19)11-3-2-9(15)6-12(11)16/h2-3,6,10H,4-5,7-8H2,1H3. The van der Waals surface area contributed by atoms with Crippen LogP contribution in [0.25, 0.3) is 0 Å². The number of ether oxygens (including phenoxy) is 1. The molecule has 0 aliphatic carbocycles. The fourth-order valence-corrected chi connectivity index (χ4v) is 4.51. The summed E-state index contributed by atoms with van der Waals surface area (Å²) in [4.78, 5) is 25.2. The number of halogens is 2. The van der Waals surface area contributed by atoms with Crippen LogP contribution in [0.5, 0.6) is 0 Å². The van der Waals surface area contributed by atoms with E-state index in [1.54, 1.807) is 0 Å². The Bertz CT molecular complexity index is 735. The van der Waals surface area contributed by atoms with E-state index >= 15 is 0 Å². The molecule has 0 N–H and O–H groups in total. The molecular weight excluding hydrogens is 365 g/mol. The Kier molecular flexibility index (Phi) is 5.54. The molecule has 1 aromatic carbocycles. The van der Waals surface area contributed by atoms with Crippen LogP contribution in [-0.4, -0.2) is 56.4 Å². The zero-order valence-corrected chi connectivity index (χ0v) is 14.6. The molecule has 2 rings (SSSR count). The topological polar surface area (TPSA) is 80.8 Å². The summed E-state index contributed by atoms with van der Waals surface area (Å²) in [6.07, 6.45) is 0.390. The van der Waals surface area contributed by atoms with Crippen molar-refractivity contribution in [3.05, 3.63) is 33.8 Å². The first-order valence-corrected chi connectivity index (χ1v) is 9.35. The lowest BCUT2D eigenvalue weighted by Crippen LogP contribution is -2.40. The maximum absolute atomic E-state index is 12.0. The quantitative estimate of drug-likeness (QED) is 0.744. The van der Waals surface area contributed by atoms with Crippen molar-refractivity contribution in [1.29, 1.82) is 0 Å².